The number of rotatable bonds is 9. The van der Waals surface area contributed by atoms with Crippen LogP contribution < -0.4 is 15.4 Å². The number of amides is 2. The number of aromatic nitrogens is 3. The Balaban J connectivity index is 1.53. The van der Waals surface area contributed by atoms with Crippen molar-refractivity contribution in [3.8, 4) is 5.75 Å². The van der Waals surface area contributed by atoms with Crippen LogP contribution in [0.15, 0.2) is 47.6 Å². The zero-order valence-corrected chi connectivity index (χ0v) is 19.7. The fraction of sp³-hybridized carbons (Fsp3) is 0.304. The molecule has 2 amide bonds. The van der Waals surface area contributed by atoms with Crippen LogP contribution in [0.5, 0.6) is 5.75 Å². The van der Waals surface area contributed by atoms with Gasteiger partial charge in [0.05, 0.1) is 25.3 Å². The number of anilines is 1. The molecule has 0 aliphatic carbocycles. The molecule has 0 radical (unpaired) electrons. The maximum Gasteiger partial charge on any atom is 0.234 e. The molecule has 0 spiro atoms. The molecule has 1 atom stereocenters. The number of halogens is 1. The molecule has 1 aromatic heterocycles. The number of aryl methyl sites for hydroxylation is 1. The number of ether oxygens (including phenoxy) is 1. The van der Waals surface area contributed by atoms with Crippen molar-refractivity contribution >= 4 is 29.3 Å². The van der Waals surface area contributed by atoms with Crippen LogP contribution in [0.4, 0.5) is 10.1 Å². The van der Waals surface area contributed by atoms with Crippen LogP contribution in [0.25, 0.3) is 0 Å². The van der Waals surface area contributed by atoms with E-state index < -0.39 is 5.82 Å². The molecule has 3 aromatic rings. The van der Waals surface area contributed by atoms with Crippen LogP contribution in [0.1, 0.15) is 29.9 Å². The fourth-order valence-electron chi connectivity index (χ4n) is 3.16. The molecule has 0 saturated carbocycles. The molecular formula is C23H26FN5O3S. The van der Waals surface area contributed by atoms with Gasteiger partial charge in [-0.1, -0.05) is 30.0 Å². The Morgan fingerprint density at radius 1 is 1.15 bits per heavy atom. The predicted molar refractivity (Wildman–Crippen MR) is 125 cm³/mol. The van der Waals surface area contributed by atoms with Crippen LogP contribution >= 0.6 is 11.8 Å². The third kappa shape index (κ3) is 6.55. The second-order valence-electron chi connectivity index (χ2n) is 7.51. The lowest BCUT2D eigenvalue weighted by Crippen LogP contribution is -2.29. The van der Waals surface area contributed by atoms with Crippen LogP contribution in [-0.2, 0) is 23.1 Å². The molecule has 8 nitrogen and oxygen atoms in total. The number of hydrogen-bond acceptors (Lipinski definition) is 6. The number of nitrogens with one attached hydrogen (secondary N) is 2. The van der Waals surface area contributed by atoms with Crippen molar-refractivity contribution in [1.29, 1.82) is 0 Å². The van der Waals surface area contributed by atoms with Crippen LogP contribution in [0.2, 0.25) is 0 Å². The summed E-state index contributed by atoms with van der Waals surface area (Å²) in [5.74, 6) is 0.553. The van der Waals surface area contributed by atoms with Gasteiger partial charge in [-0.15, -0.1) is 10.2 Å². The lowest BCUT2D eigenvalue weighted by atomic mass is 10.1. The van der Waals surface area contributed by atoms with E-state index in [1.165, 1.54) is 23.9 Å². The van der Waals surface area contributed by atoms with E-state index in [-0.39, 0.29) is 30.0 Å². The maximum atomic E-state index is 13.4. The Hall–Kier alpha value is -3.40. The Morgan fingerprint density at radius 3 is 2.58 bits per heavy atom. The van der Waals surface area contributed by atoms with Gasteiger partial charge in [0, 0.05) is 12.7 Å². The van der Waals surface area contributed by atoms with Crippen molar-refractivity contribution in [2.24, 2.45) is 7.05 Å². The topological polar surface area (TPSA) is 98.1 Å². The van der Waals surface area contributed by atoms with Crippen molar-refractivity contribution in [1.82, 2.24) is 20.1 Å². The molecule has 2 aromatic carbocycles. The highest BCUT2D eigenvalue weighted by atomic mass is 32.2. The quantitative estimate of drug-likeness (QED) is 0.464. The maximum absolute atomic E-state index is 13.4. The molecule has 2 N–H and O–H groups in total. The smallest absolute Gasteiger partial charge is 0.234 e. The summed E-state index contributed by atoms with van der Waals surface area (Å²) in [4.78, 5) is 24.7. The van der Waals surface area contributed by atoms with Crippen molar-refractivity contribution in [3.05, 3.63) is 65.2 Å². The van der Waals surface area contributed by atoms with Crippen molar-refractivity contribution in [2.45, 2.75) is 31.5 Å². The lowest BCUT2D eigenvalue weighted by molar-refractivity contribution is -0.121. The Labute approximate surface area is 195 Å². The summed E-state index contributed by atoms with van der Waals surface area (Å²) in [7, 11) is 3.37. The van der Waals surface area contributed by atoms with Gasteiger partial charge in [0.25, 0.3) is 0 Å². The first-order valence-electron chi connectivity index (χ1n) is 10.3. The Bertz CT molecular complexity index is 1130. The zero-order chi connectivity index (χ0) is 24.0. The van der Waals surface area contributed by atoms with E-state index in [9.17, 15) is 14.0 Å². The predicted octanol–water partition coefficient (Wildman–Crippen LogP) is 3.42. The average molecular weight is 472 g/mol. The van der Waals surface area contributed by atoms with Gasteiger partial charge >= 0.3 is 0 Å². The molecule has 0 saturated heterocycles. The first kappa shape index (κ1) is 24.2. The number of thioether (sulfide) groups is 1. The minimum absolute atomic E-state index is 0.0835. The van der Waals surface area contributed by atoms with E-state index in [1.807, 2.05) is 31.2 Å². The van der Waals surface area contributed by atoms with Crippen LogP contribution in [0.3, 0.4) is 0 Å². The number of methoxy groups -OCH3 is 1. The van der Waals surface area contributed by atoms with Gasteiger partial charge in [-0.2, -0.15) is 0 Å². The molecule has 1 heterocycles. The van der Waals surface area contributed by atoms with Gasteiger partial charge < -0.3 is 19.9 Å². The van der Waals surface area contributed by atoms with E-state index in [1.54, 1.807) is 31.7 Å². The minimum Gasteiger partial charge on any atom is -0.497 e. The molecular weight excluding hydrogens is 445 g/mol. The van der Waals surface area contributed by atoms with E-state index in [0.29, 0.717) is 16.7 Å². The number of carbonyl (C=O) groups excluding carboxylic acids is 2. The van der Waals surface area contributed by atoms with Gasteiger partial charge in [-0.05, 0) is 49.2 Å². The Kier molecular flexibility index (Phi) is 8.05. The van der Waals surface area contributed by atoms with Gasteiger partial charge in [0.1, 0.15) is 11.6 Å². The summed E-state index contributed by atoms with van der Waals surface area (Å²) >= 11 is 1.21. The first-order valence-corrected chi connectivity index (χ1v) is 11.3. The summed E-state index contributed by atoms with van der Waals surface area (Å²) in [5.41, 5.74) is 2.08. The minimum atomic E-state index is -0.412. The number of hydrogen-bond donors (Lipinski definition) is 2. The van der Waals surface area contributed by atoms with Gasteiger partial charge in [-0.3, -0.25) is 9.59 Å². The third-order valence-corrected chi connectivity index (χ3v) is 5.98. The highest BCUT2D eigenvalue weighted by Crippen LogP contribution is 2.21. The second kappa shape index (κ2) is 11.0. The van der Waals surface area contributed by atoms with Crippen LogP contribution in [0, 0.1) is 12.7 Å². The Morgan fingerprint density at radius 2 is 1.88 bits per heavy atom. The largest absolute Gasteiger partial charge is 0.497 e. The highest BCUT2D eigenvalue weighted by molar-refractivity contribution is 7.99. The van der Waals surface area contributed by atoms with Gasteiger partial charge in [0.15, 0.2) is 11.0 Å². The lowest BCUT2D eigenvalue weighted by Gasteiger charge is -2.14. The molecule has 3 rings (SSSR count). The normalized spacial score (nSPS) is 11.7. The average Bonchev–Trinajstić information content (AvgIpc) is 3.15. The molecule has 0 fully saturated rings. The molecule has 174 valence electrons. The SMILES string of the molecule is COc1ccc(CC(=O)N[C@H](C)c2nnc(SCC(=O)Nc3cc(F)ccc3C)n2C)cc1. The monoisotopic (exact) mass is 471 g/mol. The third-order valence-electron chi connectivity index (χ3n) is 4.96. The summed E-state index contributed by atoms with van der Waals surface area (Å²) in [6.45, 7) is 3.62. The van der Waals surface area contributed by atoms with Crippen molar-refractivity contribution in [3.63, 3.8) is 0 Å². The summed E-state index contributed by atoms with van der Waals surface area (Å²) in [6.07, 6.45) is 0.230. The van der Waals surface area contributed by atoms with Crippen molar-refractivity contribution < 1.29 is 18.7 Å². The van der Waals surface area contributed by atoms with Gasteiger partial charge in [-0.25, -0.2) is 4.39 Å². The molecule has 10 heteroatoms. The highest BCUT2D eigenvalue weighted by Gasteiger charge is 2.19. The van der Waals surface area contributed by atoms with E-state index in [0.717, 1.165) is 16.9 Å². The molecule has 0 aliphatic heterocycles. The number of carbonyl (C=O) groups is 2. The van der Waals surface area contributed by atoms with E-state index >= 15 is 0 Å². The number of nitrogens with zero attached hydrogens (tertiary/aromatic N) is 3. The summed E-state index contributed by atoms with van der Waals surface area (Å²) in [5, 5.41) is 14.5. The first-order chi connectivity index (χ1) is 15.8. The standard InChI is InChI=1S/C23H26FN5O3S/c1-14-5-8-17(24)12-19(14)26-21(31)13-33-23-28-27-22(29(23)3)15(2)25-20(30)11-16-6-9-18(32-4)10-7-16/h5-10,12,15H,11,13H2,1-4H3,(H,25,30)(H,26,31)/t15-/m1/s1. The molecule has 0 aliphatic rings. The van der Waals surface area contributed by atoms with Gasteiger partial charge in [0.2, 0.25) is 11.8 Å². The summed E-state index contributed by atoms with van der Waals surface area (Å²) < 4.78 is 20.3. The second-order valence-corrected chi connectivity index (χ2v) is 8.45. The van der Waals surface area contributed by atoms with Crippen LogP contribution in [-0.4, -0.2) is 39.4 Å². The molecule has 33 heavy (non-hydrogen) atoms. The van der Waals surface area contributed by atoms with Crippen molar-refractivity contribution in [2.75, 3.05) is 18.2 Å². The fourth-order valence-corrected chi connectivity index (χ4v) is 3.88. The summed E-state index contributed by atoms with van der Waals surface area (Å²) in [6, 6.07) is 11.2. The molecule has 0 bridgehead atoms. The van der Waals surface area contributed by atoms with E-state index in [2.05, 4.69) is 20.8 Å². The number of benzene rings is 2. The molecule has 0 unspecified atom stereocenters. The zero-order valence-electron chi connectivity index (χ0n) is 18.9. The van der Waals surface area contributed by atoms with E-state index in [4.69, 9.17) is 4.74 Å².